The van der Waals surface area contributed by atoms with Crippen LogP contribution in [0, 0.1) is 13.8 Å². The second-order valence-electron chi connectivity index (χ2n) is 7.92. The summed E-state index contributed by atoms with van der Waals surface area (Å²) in [6.45, 7) is 4.72. The lowest BCUT2D eigenvalue weighted by Gasteiger charge is -2.17. The summed E-state index contributed by atoms with van der Waals surface area (Å²) in [4.78, 5) is 35.8. The molecule has 1 fully saturated rings. The number of fused-ring (bicyclic) bond motifs is 1. The topological polar surface area (TPSA) is 94.1 Å². The van der Waals surface area contributed by atoms with Crippen LogP contribution in [0.25, 0.3) is 10.9 Å². The highest BCUT2D eigenvalue weighted by Crippen LogP contribution is 2.31. The number of rotatable bonds is 4. The van der Waals surface area contributed by atoms with E-state index < -0.39 is 0 Å². The lowest BCUT2D eigenvalue weighted by Crippen LogP contribution is -2.24. The largest absolute Gasteiger partial charge is 0.339 e. The number of hydrogen-bond acceptors (Lipinski definition) is 6. The summed E-state index contributed by atoms with van der Waals surface area (Å²) in [6, 6.07) is 13.2. The fourth-order valence-electron chi connectivity index (χ4n) is 3.88. The van der Waals surface area contributed by atoms with Crippen LogP contribution in [0.4, 0.5) is 5.69 Å². The van der Waals surface area contributed by atoms with Crippen LogP contribution in [0.2, 0.25) is 0 Å². The van der Waals surface area contributed by atoms with E-state index in [1.165, 1.54) is 16.5 Å². The standard InChI is InChI=1S/C23H21N5O3/c1-14-7-8-17(9-15(14)2)28-11-16(10-21(28)29)22-25-20(26-31-22)12-27-13-24-19-6-4-3-5-18(19)23(27)30/h3-9,13,16H,10-12H2,1-2H3/t16-/m1/s1. The van der Waals surface area contributed by atoms with Gasteiger partial charge in [0.05, 0.1) is 29.7 Å². The predicted octanol–water partition coefficient (Wildman–Crippen LogP) is 2.97. The first-order valence-electron chi connectivity index (χ1n) is 10.1. The highest BCUT2D eigenvalue weighted by Gasteiger charge is 2.35. The van der Waals surface area contributed by atoms with E-state index in [0.29, 0.717) is 35.6 Å². The van der Waals surface area contributed by atoms with Crippen molar-refractivity contribution in [2.24, 2.45) is 0 Å². The van der Waals surface area contributed by atoms with Crippen molar-refractivity contribution >= 4 is 22.5 Å². The molecule has 0 saturated carbocycles. The Hall–Kier alpha value is -3.81. The average molecular weight is 415 g/mol. The van der Waals surface area contributed by atoms with Crippen molar-refractivity contribution in [3.63, 3.8) is 0 Å². The van der Waals surface area contributed by atoms with Crippen molar-refractivity contribution in [3.8, 4) is 0 Å². The molecule has 31 heavy (non-hydrogen) atoms. The number of para-hydroxylation sites is 1. The summed E-state index contributed by atoms with van der Waals surface area (Å²) in [5.74, 6) is 0.646. The van der Waals surface area contributed by atoms with Crippen molar-refractivity contribution in [2.45, 2.75) is 32.7 Å². The van der Waals surface area contributed by atoms with Gasteiger partial charge in [-0.3, -0.25) is 14.2 Å². The van der Waals surface area contributed by atoms with Crippen LogP contribution in [-0.4, -0.2) is 32.1 Å². The molecule has 0 unspecified atom stereocenters. The number of carbonyl (C=O) groups is 1. The molecular weight excluding hydrogens is 394 g/mol. The Morgan fingerprint density at radius 3 is 2.77 bits per heavy atom. The summed E-state index contributed by atoms with van der Waals surface area (Å²) >= 11 is 0. The zero-order valence-corrected chi connectivity index (χ0v) is 17.3. The first kappa shape index (κ1) is 19.2. The van der Waals surface area contributed by atoms with Crippen LogP contribution in [0.1, 0.15) is 35.2 Å². The maximum Gasteiger partial charge on any atom is 0.261 e. The minimum absolute atomic E-state index is 0.0305. The molecule has 2 aromatic heterocycles. The molecule has 0 aliphatic carbocycles. The molecule has 0 radical (unpaired) electrons. The third-order valence-corrected chi connectivity index (χ3v) is 5.80. The van der Waals surface area contributed by atoms with Crippen LogP contribution < -0.4 is 10.5 Å². The SMILES string of the molecule is Cc1ccc(N2C[C@H](c3nc(Cn4cnc5ccccc5c4=O)no3)CC2=O)cc1C. The van der Waals surface area contributed by atoms with Crippen molar-refractivity contribution in [3.05, 3.63) is 82.0 Å². The Bertz CT molecular complexity index is 1360. The van der Waals surface area contributed by atoms with Gasteiger partial charge in [0.1, 0.15) is 0 Å². The smallest absolute Gasteiger partial charge is 0.261 e. The Kier molecular flexibility index (Phi) is 4.62. The van der Waals surface area contributed by atoms with Gasteiger partial charge in [-0.05, 0) is 49.2 Å². The fourth-order valence-corrected chi connectivity index (χ4v) is 3.88. The predicted molar refractivity (Wildman–Crippen MR) is 115 cm³/mol. The highest BCUT2D eigenvalue weighted by atomic mass is 16.5. The third kappa shape index (κ3) is 3.50. The van der Waals surface area contributed by atoms with Gasteiger partial charge < -0.3 is 9.42 Å². The molecule has 1 amide bonds. The Morgan fingerprint density at radius 1 is 1.10 bits per heavy atom. The summed E-state index contributed by atoms with van der Waals surface area (Å²) in [7, 11) is 0. The Morgan fingerprint density at radius 2 is 1.94 bits per heavy atom. The van der Waals surface area contributed by atoms with Crippen LogP contribution >= 0.6 is 0 Å². The first-order valence-corrected chi connectivity index (χ1v) is 10.1. The van der Waals surface area contributed by atoms with Gasteiger partial charge in [-0.2, -0.15) is 4.98 Å². The van der Waals surface area contributed by atoms with Crippen molar-refractivity contribution in [2.75, 3.05) is 11.4 Å². The Labute approximate surface area is 178 Å². The second kappa shape index (κ2) is 7.46. The number of hydrogen-bond donors (Lipinski definition) is 0. The van der Waals surface area contributed by atoms with Gasteiger partial charge in [0.15, 0.2) is 5.82 Å². The van der Waals surface area contributed by atoms with Crippen molar-refractivity contribution in [1.82, 2.24) is 19.7 Å². The molecule has 156 valence electrons. The zero-order valence-electron chi connectivity index (χ0n) is 17.3. The molecular formula is C23H21N5O3. The van der Waals surface area contributed by atoms with E-state index in [4.69, 9.17) is 4.52 Å². The van der Waals surface area contributed by atoms with E-state index in [9.17, 15) is 9.59 Å². The van der Waals surface area contributed by atoms with Gasteiger partial charge >= 0.3 is 0 Å². The Balaban J connectivity index is 1.35. The quantitative estimate of drug-likeness (QED) is 0.509. The van der Waals surface area contributed by atoms with E-state index >= 15 is 0 Å². The summed E-state index contributed by atoms with van der Waals surface area (Å²) < 4.78 is 6.90. The van der Waals surface area contributed by atoms with Crippen LogP contribution in [0.15, 0.2) is 58.1 Å². The lowest BCUT2D eigenvalue weighted by molar-refractivity contribution is -0.117. The normalized spacial score (nSPS) is 16.4. The molecule has 8 heteroatoms. The molecule has 8 nitrogen and oxygen atoms in total. The molecule has 1 saturated heterocycles. The fraction of sp³-hybridized carbons (Fsp3) is 0.261. The van der Waals surface area contributed by atoms with Crippen LogP contribution in [0.3, 0.4) is 0 Å². The monoisotopic (exact) mass is 415 g/mol. The summed E-state index contributed by atoms with van der Waals surface area (Å²) in [6.07, 6.45) is 1.80. The van der Waals surface area contributed by atoms with Gasteiger partial charge in [0.2, 0.25) is 11.8 Å². The molecule has 0 N–H and O–H groups in total. The average Bonchev–Trinajstić information content (AvgIpc) is 3.39. The number of anilines is 1. The maximum absolute atomic E-state index is 12.7. The molecule has 3 heterocycles. The van der Waals surface area contributed by atoms with E-state index in [1.54, 1.807) is 23.1 Å². The van der Waals surface area contributed by atoms with E-state index in [0.717, 1.165) is 11.3 Å². The van der Waals surface area contributed by atoms with Gasteiger partial charge in [-0.25, -0.2) is 4.98 Å². The van der Waals surface area contributed by atoms with E-state index in [-0.39, 0.29) is 23.9 Å². The zero-order chi connectivity index (χ0) is 21.5. The molecule has 1 atom stereocenters. The van der Waals surface area contributed by atoms with Crippen LogP contribution in [0.5, 0.6) is 0 Å². The number of aromatic nitrogens is 4. The number of benzene rings is 2. The van der Waals surface area contributed by atoms with Gasteiger partial charge in [-0.15, -0.1) is 0 Å². The molecule has 4 aromatic rings. The number of carbonyl (C=O) groups excluding carboxylic acids is 1. The third-order valence-electron chi connectivity index (χ3n) is 5.80. The minimum atomic E-state index is -0.179. The van der Waals surface area contributed by atoms with Gasteiger partial charge in [0.25, 0.3) is 5.56 Å². The van der Waals surface area contributed by atoms with Crippen molar-refractivity contribution < 1.29 is 9.32 Å². The van der Waals surface area contributed by atoms with E-state index in [1.807, 2.05) is 38.1 Å². The van der Waals surface area contributed by atoms with Crippen LogP contribution in [-0.2, 0) is 11.3 Å². The maximum atomic E-state index is 12.7. The highest BCUT2D eigenvalue weighted by molar-refractivity contribution is 5.96. The molecule has 5 rings (SSSR count). The number of amides is 1. The number of nitrogens with zero attached hydrogens (tertiary/aromatic N) is 5. The molecule has 1 aliphatic rings. The second-order valence-corrected chi connectivity index (χ2v) is 7.92. The van der Waals surface area contributed by atoms with Gasteiger partial charge in [-0.1, -0.05) is 23.4 Å². The first-order chi connectivity index (χ1) is 15.0. The molecule has 2 aromatic carbocycles. The lowest BCUT2D eigenvalue weighted by atomic mass is 10.1. The van der Waals surface area contributed by atoms with Gasteiger partial charge in [0, 0.05) is 18.7 Å². The summed E-state index contributed by atoms with van der Waals surface area (Å²) in [5.41, 5.74) is 3.70. The minimum Gasteiger partial charge on any atom is -0.339 e. The molecule has 1 aliphatic heterocycles. The number of aryl methyl sites for hydroxylation is 2. The molecule has 0 bridgehead atoms. The van der Waals surface area contributed by atoms with E-state index in [2.05, 4.69) is 15.1 Å². The van der Waals surface area contributed by atoms with Crippen molar-refractivity contribution in [1.29, 1.82) is 0 Å². The molecule has 0 spiro atoms. The summed E-state index contributed by atoms with van der Waals surface area (Å²) in [5, 5.41) is 4.56.